The van der Waals surface area contributed by atoms with Crippen molar-refractivity contribution in [1.82, 2.24) is 4.90 Å². The Kier molecular flexibility index (Phi) is 5.11. The molecule has 1 N–H and O–H groups in total. The summed E-state index contributed by atoms with van der Waals surface area (Å²) in [5, 5.41) is 9.32. The summed E-state index contributed by atoms with van der Waals surface area (Å²) in [5.41, 5.74) is 1.64. The normalized spacial score (nSPS) is 19.9. The fourth-order valence-electron chi connectivity index (χ4n) is 2.36. The summed E-state index contributed by atoms with van der Waals surface area (Å²) in [4.78, 5) is 14.4. The van der Waals surface area contributed by atoms with Crippen LogP contribution >= 0.6 is 0 Å². The predicted molar refractivity (Wildman–Crippen MR) is 75.3 cm³/mol. The summed E-state index contributed by atoms with van der Waals surface area (Å²) in [6.45, 7) is 3.95. The van der Waals surface area contributed by atoms with Crippen molar-refractivity contribution in [3.8, 4) is 5.75 Å². The van der Waals surface area contributed by atoms with Crippen LogP contribution in [0.4, 0.5) is 0 Å². The van der Waals surface area contributed by atoms with Crippen molar-refractivity contribution in [2.45, 2.75) is 13.0 Å². The van der Waals surface area contributed by atoms with Crippen molar-refractivity contribution < 1.29 is 19.4 Å². The number of hydrogen-bond acceptors (Lipinski definition) is 5. The maximum absolute atomic E-state index is 12.4. The number of ketones is 1. The van der Waals surface area contributed by atoms with Gasteiger partial charge < -0.3 is 14.6 Å². The van der Waals surface area contributed by atoms with Crippen LogP contribution in [0.1, 0.15) is 15.9 Å². The van der Waals surface area contributed by atoms with E-state index >= 15 is 0 Å². The molecule has 20 heavy (non-hydrogen) atoms. The maximum Gasteiger partial charge on any atom is 0.180 e. The lowest BCUT2D eigenvalue weighted by Gasteiger charge is -2.33. The summed E-state index contributed by atoms with van der Waals surface area (Å²) in [6.07, 6.45) is 0. The smallest absolute Gasteiger partial charge is 0.180 e. The molecule has 1 aliphatic heterocycles. The number of hydrogen-bond donors (Lipinski definition) is 1. The van der Waals surface area contributed by atoms with E-state index in [-0.39, 0.29) is 25.0 Å². The molecule has 0 amide bonds. The van der Waals surface area contributed by atoms with Gasteiger partial charge in [0.2, 0.25) is 0 Å². The molecule has 1 atom stereocenters. The zero-order chi connectivity index (χ0) is 14.5. The minimum absolute atomic E-state index is 0.00167. The highest BCUT2D eigenvalue weighted by atomic mass is 16.5. The highest BCUT2D eigenvalue weighted by Gasteiger charge is 2.25. The van der Waals surface area contributed by atoms with E-state index < -0.39 is 0 Å². The van der Waals surface area contributed by atoms with E-state index in [0.717, 1.165) is 5.56 Å². The fraction of sp³-hybridized carbons (Fsp3) is 0.533. The molecule has 1 unspecified atom stereocenters. The molecule has 2 rings (SSSR count). The van der Waals surface area contributed by atoms with Gasteiger partial charge in [-0.1, -0.05) is 6.07 Å². The van der Waals surface area contributed by atoms with E-state index in [9.17, 15) is 9.90 Å². The van der Waals surface area contributed by atoms with Gasteiger partial charge >= 0.3 is 0 Å². The van der Waals surface area contributed by atoms with Crippen molar-refractivity contribution >= 4 is 5.78 Å². The van der Waals surface area contributed by atoms with Gasteiger partial charge in [-0.15, -0.1) is 0 Å². The van der Waals surface area contributed by atoms with Gasteiger partial charge in [0, 0.05) is 6.54 Å². The van der Waals surface area contributed by atoms with Gasteiger partial charge in [0.05, 0.1) is 45.1 Å². The zero-order valence-electron chi connectivity index (χ0n) is 12.0. The molecule has 5 nitrogen and oxygen atoms in total. The molecular weight excluding hydrogens is 258 g/mol. The Bertz CT molecular complexity index is 475. The quantitative estimate of drug-likeness (QED) is 0.811. The average Bonchev–Trinajstić information content (AvgIpc) is 2.47. The summed E-state index contributed by atoms with van der Waals surface area (Å²) in [6, 6.07) is 5.45. The number of aliphatic hydroxyl groups is 1. The first-order valence-corrected chi connectivity index (χ1v) is 6.76. The lowest BCUT2D eigenvalue weighted by Crippen LogP contribution is -2.49. The second-order valence-corrected chi connectivity index (χ2v) is 5.01. The third kappa shape index (κ3) is 3.36. The standard InChI is InChI=1S/C15H21NO4/c1-11-3-4-13(15(7-11)19-2)14(18)8-16-5-6-20-10-12(16)9-17/h3-4,7,12,17H,5-6,8-10H2,1-2H3. The maximum atomic E-state index is 12.4. The largest absolute Gasteiger partial charge is 0.496 e. The molecule has 0 aromatic heterocycles. The number of methoxy groups -OCH3 is 1. The van der Waals surface area contributed by atoms with Crippen molar-refractivity contribution in [3.05, 3.63) is 29.3 Å². The number of carbonyl (C=O) groups excluding carboxylic acids is 1. The van der Waals surface area contributed by atoms with Crippen molar-refractivity contribution in [3.63, 3.8) is 0 Å². The number of rotatable bonds is 5. The van der Waals surface area contributed by atoms with Gasteiger partial charge in [-0.2, -0.15) is 0 Å². The Morgan fingerprint density at radius 3 is 3.05 bits per heavy atom. The van der Waals surface area contributed by atoms with Crippen LogP contribution in [0.2, 0.25) is 0 Å². The number of morpholine rings is 1. The first kappa shape index (κ1) is 15.0. The summed E-state index contributed by atoms with van der Waals surface area (Å²) >= 11 is 0. The van der Waals surface area contributed by atoms with Gasteiger partial charge in [-0.25, -0.2) is 0 Å². The predicted octanol–water partition coefficient (Wildman–Crippen LogP) is 0.879. The van der Waals surface area contributed by atoms with Gasteiger partial charge in [0.25, 0.3) is 0 Å². The third-order valence-electron chi connectivity index (χ3n) is 3.56. The number of benzene rings is 1. The Labute approximate surface area is 119 Å². The molecule has 0 bridgehead atoms. The van der Waals surface area contributed by atoms with Crippen molar-refractivity contribution in [1.29, 1.82) is 0 Å². The zero-order valence-corrected chi connectivity index (χ0v) is 12.0. The van der Waals surface area contributed by atoms with Gasteiger partial charge in [0.15, 0.2) is 5.78 Å². The number of carbonyl (C=O) groups is 1. The van der Waals surface area contributed by atoms with Crippen molar-refractivity contribution in [2.24, 2.45) is 0 Å². The molecule has 1 saturated heterocycles. The van der Waals surface area contributed by atoms with E-state index in [1.165, 1.54) is 0 Å². The molecule has 1 aromatic carbocycles. The number of nitrogens with zero attached hydrogens (tertiary/aromatic N) is 1. The first-order chi connectivity index (χ1) is 9.65. The molecule has 0 spiro atoms. The molecule has 0 aliphatic carbocycles. The Morgan fingerprint density at radius 2 is 2.35 bits per heavy atom. The molecule has 0 radical (unpaired) electrons. The molecule has 1 aliphatic rings. The lowest BCUT2D eigenvalue weighted by molar-refractivity contribution is -0.0240. The van der Waals surface area contributed by atoms with Crippen LogP contribution in [-0.4, -0.2) is 61.9 Å². The van der Waals surface area contributed by atoms with Crippen LogP contribution in [0.5, 0.6) is 5.75 Å². The third-order valence-corrected chi connectivity index (χ3v) is 3.56. The Hall–Kier alpha value is -1.43. The summed E-state index contributed by atoms with van der Waals surface area (Å²) in [5.74, 6) is 0.603. The molecule has 110 valence electrons. The highest BCUT2D eigenvalue weighted by molar-refractivity contribution is 6.00. The van der Waals surface area contributed by atoms with Gasteiger partial charge in [0.1, 0.15) is 5.75 Å². The molecule has 1 fully saturated rings. The molecular formula is C15H21NO4. The van der Waals surface area contributed by atoms with Crippen LogP contribution in [0, 0.1) is 6.92 Å². The van der Waals surface area contributed by atoms with Crippen LogP contribution in [0.15, 0.2) is 18.2 Å². The molecule has 5 heteroatoms. The fourth-order valence-corrected chi connectivity index (χ4v) is 2.36. The van der Waals surface area contributed by atoms with E-state index in [4.69, 9.17) is 9.47 Å². The second-order valence-electron chi connectivity index (χ2n) is 5.01. The number of aryl methyl sites for hydroxylation is 1. The highest BCUT2D eigenvalue weighted by Crippen LogP contribution is 2.21. The van der Waals surface area contributed by atoms with Crippen LogP contribution in [0.25, 0.3) is 0 Å². The number of Topliss-reactive ketones (excluding diaryl/α,β-unsaturated/α-hetero) is 1. The molecule has 0 saturated carbocycles. The Balaban J connectivity index is 2.11. The van der Waals surface area contributed by atoms with Crippen molar-refractivity contribution in [2.75, 3.05) is 40.0 Å². The summed E-state index contributed by atoms with van der Waals surface area (Å²) in [7, 11) is 1.57. The van der Waals surface area contributed by atoms with Crippen LogP contribution in [-0.2, 0) is 4.74 Å². The van der Waals surface area contributed by atoms with Gasteiger partial charge in [-0.05, 0) is 24.6 Å². The van der Waals surface area contributed by atoms with E-state index in [1.807, 2.05) is 24.0 Å². The number of ether oxygens (including phenoxy) is 2. The molecule has 1 heterocycles. The minimum Gasteiger partial charge on any atom is -0.496 e. The SMILES string of the molecule is COc1cc(C)ccc1C(=O)CN1CCOCC1CO. The van der Waals surface area contributed by atoms with Gasteiger partial charge in [-0.3, -0.25) is 9.69 Å². The first-order valence-electron chi connectivity index (χ1n) is 6.76. The monoisotopic (exact) mass is 279 g/mol. The number of aliphatic hydroxyl groups excluding tert-OH is 1. The van der Waals surface area contributed by atoms with E-state index in [2.05, 4.69) is 0 Å². The van der Waals surface area contributed by atoms with Crippen LogP contribution in [0.3, 0.4) is 0 Å². The summed E-state index contributed by atoms with van der Waals surface area (Å²) < 4.78 is 10.6. The average molecular weight is 279 g/mol. The minimum atomic E-state index is -0.107. The topological polar surface area (TPSA) is 59.0 Å². The molecule has 1 aromatic rings. The van der Waals surface area contributed by atoms with E-state index in [0.29, 0.717) is 31.1 Å². The lowest BCUT2D eigenvalue weighted by atomic mass is 10.1. The van der Waals surface area contributed by atoms with E-state index in [1.54, 1.807) is 13.2 Å². The second kappa shape index (κ2) is 6.83. The van der Waals surface area contributed by atoms with Crippen LogP contribution < -0.4 is 4.74 Å². The Morgan fingerprint density at radius 1 is 1.55 bits per heavy atom.